The third-order valence-corrected chi connectivity index (χ3v) is 7.33. The molecule has 4 aliphatic rings. The van der Waals surface area contributed by atoms with E-state index in [0.29, 0.717) is 11.8 Å². The van der Waals surface area contributed by atoms with Crippen LogP contribution in [0.5, 0.6) is 0 Å². The summed E-state index contributed by atoms with van der Waals surface area (Å²) in [6.45, 7) is 0. The van der Waals surface area contributed by atoms with Gasteiger partial charge in [-0.1, -0.05) is 29.4 Å². The Labute approximate surface area is 159 Å². The number of hydrogen-bond donors (Lipinski definition) is 0. The van der Waals surface area contributed by atoms with E-state index in [1.807, 2.05) is 0 Å². The molecule has 0 aliphatic heterocycles. The Morgan fingerprint density at radius 3 is 1.62 bits per heavy atom. The lowest BCUT2D eigenvalue weighted by molar-refractivity contribution is 0.521. The first-order valence-electron chi connectivity index (χ1n) is 11.3. The van der Waals surface area contributed by atoms with E-state index in [1.165, 1.54) is 101 Å². The molecule has 1 nitrogen and oxygen atoms in total. The summed E-state index contributed by atoms with van der Waals surface area (Å²) in [6.07, 6.45) is 23.8. The van der Waals surface area contributed by atoms with Crippen LogP contribution in [-0.2, 0) is 12.8 Å². The Bertz CT molecular complexity index is 680. The van der Waals surface area contributed by atoms with Crippen LogP contribution in [0.3, 0.4) is 0 Å². The second-order valence-corrected chi connectivity index (χ2v) is 9.02. The van der Waals surface area contributed by atoms with Crippen molar-refractivity contribution in [1.82, 2.24) is 4.98 Å². The van der Waals surface area contributed by atoms with Crippen molar-refractivity contribution in [3.05, 3.63) is 51.9 Å². The van der Waals surface area contributed by atoms with Crippen LogP contribution in [0.1, 0.15) is 111 Å². The van der Waals surface area contributed by atoms with E-state index < -0.39 is 0 Å². The molecule has 4 aliphatic carbocycles. The summed E-state index contributed by atoms with van der Waals surface area (Å²) in [7, 11) is 0. The van der Waals surface area contributed by atoms with Crippen molar-refractivity contribution in [2.45, 2.75) is 102 Å². The highest BCUT2D eigenvalue weighted by molar-refractivity contribution is 5.42. The van der Waals surface area contributed by atoms with Gasteiger partial charge in [-0.3, -0.25) is 4.98 Å². The number of fused-ring (bicyclic) bond motifs is 2. The van der Waals surface area contributed by atoms with Gasteiger partial charge in [0.05, 0.1) is 11.4 Å². The molecule has 2 atom stereocenters. The highest BCUT2D eigenvalue weighted by Crippen LogP contribution is 2.44. The van der Waals surface area contributed by atoms with Gasteiger partial charge >= 0.3 is 0 Å². The zero-order valence-electron chi connectivity index (χ0n) is 16.2. The van der Waals surface area contributed by atoms with Crippen LogP contribution in [-0.4, -0.2) is 4.98 Å². The minimum atomic E-state index is 0.632. The molecular weight excluding hydrogens is 314 g/mol. The average Bonchev–Trinajstić information content (AvgIpc) is 2.72. The molecule has 26 heavy (non-hydrogen) atoms. The van der Waals surface area contributed by atoms with Gasteiger partial charge in [-0.25, -0.2) is 0 Å². The van der Waals surface area contributed by atoms with Gasteiger partial charge in [0.1, 0.15) is 0 Å². The second-order valence-electron chi connectivity index (χ2n) is 9.02. The van der Waals surface area contributed by atoms with Crippen LogP contribution in [0.15, 0.2) is 29.4 Å². The lowest BCUT2D eigenvalue weighted by Crippen LogP contribution is -2.21. The van der Waals surface area contributed by atoms with Crippen LogP contribution in [0.2, 0.25) is 0 Å². The van der Waals surface area contributed by atoms with Gasteiger partial charge in [0, 0.05) is 11.8 Å². The first-order chi connectivity index (χ1) is 12.9. The summed E-state index contributed by atoms with van der Waals surface area (Å²) in [5.41, 5.74) is 9.56. The topological polar surface area (TPSA) is 12.9 Å². The highest BCUT2D eigenvalue weighted by Gasteiger charge is 2.31. The fraction of sp³-hybridized carbons (Fsp3) is 0.640. The van der Waals surface area contributed by atoms with Crippen LogP contribution in [0.4, 0.5) is 0 Å². The molecule has 1 heteroatoms. The molecule has 0 amide bonds. The number of rotatable bonds is 2. The molecule has 0 aromatic carbocycles. The Balaban J connectivity index is 1.55. The van der Waals surface area contributed by atoms with Crippen molar-refractivity contribution >= 4 is 0 Å². The van der Waals surface area contributed by atoms with E-state index in [1.54, 1.807) is 22.3 Å². The zero-order valence-corrected chi connectivity index (χ0v) is 16.2. The maximum atomic E-state index is 5.49. The van der Waals surface area contributed by atoms with Gasteiger partial charge in [-0.15, -0.1) is 0 Å². The Morgan fingerprint density at radius 2 is 1.15 bits per heavy atom. The highest BCUT2D eigenvalue weighted by atomic mass is 14.8. The Morgan fingerprint density at radius 1 is 0.615 bits per heavy atom. The molecule has 1 heterocycles. The SMILES string of the molecule is C1=C([C@H]2CCCc3cc4c(nc32)[C@@H](C2=CCCCC2)CCC4)CCCC1. The van der Waals surface area contributed by atoms with Crippen LogP contribution in [0.25, 0.3) is 0 Å². The molecule has 1 aromatic rings. The van der Waals surface area contributed by atoms with Gasteiger partial charge in [-0.05, 0) is 101 Å². The van der Waals surface area contributed by atoms with Crippen molar-refractivity contribution in [3.63, 3.8) is 0 Å². The summed E-state index contributed by atoms with van der Waals surface area (Å²) in [4.78, 5) is 5.49. The molecule has 0 N–H and O–H groups in total. The molecular formula is C25H33N. The minimum Gasteiger partial charge on any atom is -0.256 e. The first kappa shape index (κ1) is 16.8. The molecule has 0 unspecified atom stereocenters. The van der Waals surface area contributed by atoms with Crippen molar-refractivity contribution in [2.24, 2.45) is 0 Å². The van der Waals surface area contributed by atoms with E-state index in [-0.39, 0.29) is 0 Å². The molecule has 0 radical (unpaired) electrons. The number of hydrogen-bond acceptors (Lipinski definition) is 1. The summed E-state index contributed by atoms with van der Waals surface area (Å²) >= 11 is 0. The van der Waals surface area contributed by atoms with Gasteiger partial charge in [0.25, 0.3) is 0 Å². The maximum Gasteiger partial charge on any atom is 0.0510 e. The third-order valence-electron chi connectivity index (χ3n) is 7.33. The average molecular weight is 348 g/mol. The summed E-state index contributed by atoms with van der Waals surface area (Å²) in [6, 6.07) is 2.59. The smallest absolute Gasteiger partial charge is 0.0510 e. The second kappa shape index (κ2) is 7.33. The summed E-state index contributed by atoms with van der Waals surface area (Å²) in [5.74, 6) is 1.26. The van der Waals surface area contributed by atoms with Crippen molar-refractivity contribution in [1.29, 1.82) is 0 Å². The van der Waals surface area contributed by atoms with Gasteiger partial charge in [0.15, 0.2) is 0 Å². The summed E-state index contributed by atoms with van der Waals surface area (Å²) < 4.78 is 0. The largest absolute Gasteiger partial charge is 0.256 e. The minimum absolute atomic E-state index is 0.632. The van der Waals surface area contributed by atoms with E-state index in [4.69, 9.17) is 4.98 Å². The van der Waals surface area contributed by atoms with Crippen molar-refractivity contribution < 1.29 is 0 Å². The zero-order chi connectivity index (χ0) is 17.3. The van der Waals surface area contributed by atoms with Gasteiger partial charge < -0.3 is 0 Å². The quantitative estimate of drug-likeness (QED) is 0.529. The van der Waals surface area contributed by atoms with Crippen molar-refractivity contribution in [3.8, 4) is 0 Å². The van der Waals surface area contributed by atoms with Crippen LogP contribution < -0.4 is 0 Å². The van der Waals surface area contributed by atoms with Crippen LogP contribution >= 0.6 is 0 Å². The fourth-order valence-electron chi connectivity index (χ4n) is 5.98. The molecule has 0 saturated heterocycles. The van der Waals surface area contributed by atoms with Gasteiger partial charge in [0.2, 0.25) is 0 Å². The fourth-order valence-corrected chi connectivity index (χ4v) is 5.98. The third kappa shape index (κ3) is 3.08. The lowest BCUT2D eigenvalue weighted by atomic mass is 9.74. The predicted octanol–water partition coefficient (Wildman–Crippen LogP) is 6.92. The lowest BCUT2D eigenvalue weighted by Gasteiger charge is -2.33. The molecule has 1 aromatic heterocycles. The van der Waals surface area contributed by atoms with Gasteiger partial charge in [-0.2, -0.15) is 0 Å². The number of aryl methyl sites for hydroxylation is 2. The molecule has 0 bridgehead atoms. The summed E-state index contributed by atoms with van der Waals surface area (Å²) in [5, 5.41) is 0. The maximum absolute atomic E-state index is 5.49. The number of pyridine rings is 1. The van der Waals surface area contributed by atoms with E-state index in [2.05, 4.69) is 18.2 Å². The molecule has 138 valence electrons. The predicted molar refractivity (Wildman–Crippen MR) is 109 cm³/mol. The van der Waals surface area contributed by atoms with Crippen LogP contribution in [0, 0.1) is 0 Å². The Hall–Kier alpha value is -1.37. The number of aromatic nitrogens is 1. The standard InChI is InChI=1S/C25H33N/c1-3-9-18(10-4-1)22-15-7-13-20-17-21-14-8-16-23(25(21)26-24(20)22)19-11-5-2-6-12-19/h9,11,17,22-23H,1-8,10,12-16H2/t22-,23-/m1/s1. The first-order valence-corrected chi connectivity index (χ1v) is 11.3. The number of allylic oxidation sites excluding steroid dienone is 4. The molecule has 5 rings (SSSR count). The van der Waals surface area contributed by atoms with E-state index in [9.17, 15) is 0 Å². The normalized spacial score (nSPS) is 28.6. The Kier molecular flexibility index (Phi) is 4.73. The number of nitrogens with zero attached hydrogens (tertiary/aromatic N) is 1. The van der Waals surface area contributed by atoms with E-state index >= 15 is 0 Å². The molecule has 0 saturated carbocycles. The molecule has 0 spiro atoms. The molecule has 0 fully saturated rings. The van der Waals surface area contributed by atoms with E-state index in [0.717, 1.165) is 0 Å². The monoisotopic (exact) mass is 347 g/mol. The van der Waals surface area contributed by atoms with Crippen molar-refractivity contribution in [2.75, 3.05) is 0 Å².